The number of methoxy groups -OCH3 is 1. The topological polar surface area (TPSA) is 96.9 Å². The summed E-state index contributed by atoms with van der Waals surface area (Å²) in [5.74, 6) is 2.02. The molecular weight excluding hydrogens is 356 g/mol. The molecule has 3 aromatic rings. The highest BCUT2D eigenvalue weighted by atomic mass is 16.5. The Morgan fingerprint density at radius 3 is 3.07 bits per heavy atom. The van der Waals surface area contributed by atoms with Crippen LogP contribution in [-0.2, 0) is 11.2 Å². The number of carbonyl (C=O) groups is 1. The summed E-state index contributed by atoms with van der Waals surface area (Å²) in [6.45, 7) is 0.717. The zero-order valence-corrected chi connectivity index (χ0v) is 15.7. The minimum absolute atomic E-state index is 0.0791. The van der Waals surface area contributed by atoms with Gasteiger partial charge in [0.2, 0.25) is 11.7 Å². The van der Waals surface area contributed by atoms with E-state index in [0.717, 1.165) is 30.6 Å². The number of rotatable bonds is 5. The first-order valence-electron chi connectivity index (χ1n) is 9.35. The number of H-pyrrole nitrogens is 1. The van der Waals surface area contributed by atoms with Crippen molar-refractivity contribution in [2.45, 2.75) is 31.7 Å². The predicted molar refractivity (Wildman–Crippen MR) is 102 cm³/mol. The molecule has 1 amide bonds. The third-order valence-electron chi connectivity index (χ3n) is 4.92. The molecule has 8 heteroatoms. The van der Waals surface area contributed by atoms with Crippen LogP contribution < -0.4 is 4.74 Å². The van der Waals surface area contributed by atoms with Crippen molar-refractivity contribution in [3.05, 3.63) is 54.2 Å². The number of amides is 1. The van der Waals surface area contributed by atoms with Crippen molar-refractivity contribution in [1.82, 2.24) is 30.0 Å². The van der Waals surface area contributed by atoms with Crippen LogP contribution >= 0.6 is 0 Å². The average molecular weight is 378 g/mol. The fourth-order valence-electron chi connectivity index (χ4n) is 3.53. The molecule has 1 unspecified atom stereocenters. The molecule has 2 aromatic heterocycles. The molecule has 1 aromatic carbocycles. The van der Waals surface area contributed by atoms with Gasteiger partial charge in [-0.3, -0.25) is 14.9 Å². The van der Waals surface area contributed by atoms with E-state index in [-0.39, 0.29) is 11.9 Å². The van der Waals surface area contributed by atoms with Crippen molar-refractivity contribution in [3.63, 3.8) is 0 Å². The Morgan fingerprint density at radius 2 is 2.25 bits per heavy atom. The number of nitrogens with one attached hydrogen (secondary N) is 1. The summed E-state index contributed by atoms with van der Waals surface area (Å²) in [5.41, 5.74) is 1.54. The number of aromatic nitrogens is 5. The molecule has 8 nitrogen and oxygen atoms in total. The highest BCUT2D eigenvalue weighted by Crippen LogP contribution is 2.30. The number of ether oxygens (including phenoxy) is 1. The Balaban J connectivity index is 1.53. The Hall–Kier alpha value is -3.29. The molecule has 1 aliphatic rings. The van der Waals surface area contributed by atoms with Gasteiger partial charge in [-0.1, -0.05) is 12.1 Å². The Kier molecular flexibility index (Phi) is 5.27. The van der Waals surface area contributed by atoms with Crippen LogP contribution in [0.4, 0.5) is 0 Å². The Labute approximate surface area is 163 Å². The highest BCUT2D eigenvalue weighted by molar-refractivity contribution is 5.79. The molecule has 0 radical (unpaired) electrons. The van der Waals surface area contributed by atoms with Crippen LogP contribution in [0.15, 0.2) is 42.9 Å². The second-order valence-corrected chi connectivity index (χ2v) is 6.76. The van der Waals surface area contributed by atoms with Crippen molar-refractivity contribution in [3.8, 4) is 17.3 Å². The fraction of sp³-hybridized carbons (Fsp3) is 0.350. The van der Waals surface area contributed by atoms with Gasteiger partial charge in [0.05, 0.1) is 25.8 Å². The van der Waals surface area contributed by atoms with E-state index >= 15 is 0 Å². The molecule has 4 rings (SSSR count). The maximum atomic E-state index is 13.0. The second kappa shape index (κ2) is 8.16. The summed E-state index contributed by atoms with van der Waals surface area (Å²) in [5, 5.41) is 7.27. The van der Waals surface area contributed by atoms with Gasteiger partial charge in [-0.25, -0.2) is 9.97 Å². The first-order valence-corrected chi connectivity index (χ1v) is 9.35. The van der Waals surface area contributed by atoms with Crippen molar-refractivity contribution < 1.29 is 9.53 Å². The van der Waals surface area contributed by atoms with Gasteiger partial charge in [-0.05, 0) is 37.0 Å². The van der Waals surface area contributed by atoms with Gasteiger partial charge in [0.1, 0.15) is 17.3 Å². The number of piperidine rings is 1. The Bertz CT molecular complexity index is 943. The number of carbonyl (C=O) groups excluding carboxylic acids is 1. The smallest absolute Gasteiger partial charge is 0.227 e. The summed E-state index contributed by atoms with van der Waals surface area (Å²) in [7, 11) is 1.63. The summed E-state index contributed by atoms with van der Waals surface area (Å²) in [6, 6.07) is 7.51. The second-order valence-electron chi connectivity index (χ2n) is 6.76. The van der Waals surface area contributed by atoms with Crippen molar-refractivity contribution >= 4 is 5.91 Å². The Morgan fingerprint density at radius 1 is 1.32 bits per heavy atom. The zero-order valence-electron chi connectivity index (χ0n) is 15.7. The first-order chi connectivity index (χ1) is 13.7. The van der Waals surface area contributed by atoms with Gasteiger partial charge >= 0.3 is 0 Å². The molecule has 0 saturated carbocycles. The number of likely N-dealkylation sites (tertiary alicyclic amines) is 1. The molecule has 1 fully saturated rings. The largest absolute Gasteiger partial charge is 0.497 e. The van der Waals surface area contributed by atoms with Crippen LogP contribution in [0.5, 0.6) is 5.75 Å². The first kappa shape index (κ1) is 18.1. The fourth-order valence-corrected chi connectivity index (χ4v) is 3.53. The third kappa shape index (κ3) is 3.85. The maximum Gasteiger partial charge on any atom is 0.227 e. The number of nitrogens with zero attached hydrogens (tertiary/aromatic N) is 5. The lowest BCUT2D eigenvalue weighted by molar-refractivity contribution is -0.134. The molecular formula is C20H22N6O2. The zero-order chi connectivity index (χ0) is 19.3. The molecule has 1 aliphatic heterocycles. The molecule has 0 bridgehead atoms. The van der Waals surface area contributed by atoms with Gasteiger partial charge in [0.15, 0.2) is 0 Å². The van der Waals surface area contributed by atoms with Crippen LogP contribution in [0.1, 0.15) is 36.7 Å². The highest BCUT2D eigenvalue weighted by Gasteiger charge is 2.30. The average Bonchev–Trinajstić information content (AvgIpc) is 3.25. The minimum Gasteiger partial charge on any atom is -0.497 e. The van der Waals surface area contributed by atoms with Gasteiger partial charge < -0.3 is 9.64 Å². The van der Waals surface area contributed by atoms with E-state index in [1.54, 1.807) is 25.7 Å². The van der Waals surface area contributed by atoms with Crippen LogP contribution in [0.2, 0.25) is 0 Å². The van der Waals surface area contributed by atoms with E-state index < -0.39 is 0 Å². The molecule has 1 saturated heterocycles. The molecule has 144 valence electrons. The minimum atomic E-state index is -0.107. The third-order valence-corrected chi connectivity index (χ3v) is 4.92. The monoisotopic (exact) mass is 378 g/mol. The predicted octanol–water partition coefficient (Wildman–Crippen LogP) is 2.57. The van der Waals surface area contributed by atoms with Gasteiger partial charge in [-0.15, -0.1) is 0 Å². The van der Waals surface area contributed by atoms with Crippen molar-refractivity contribution in [2.75, 3.05) is 13.7 Å². The molecule has 1 atom stereocenters. The number of hydrogen-bond donors (Lipinski definition) is 1. The van der Waals surface area contributed by atoms with Crippen LogP contribution in [0.3, 0.4) is 0 Å². The number of aromatic amines is 1. The summed E-state index contributed by atoms with van der Waals surface area (Å²) < 4.78 is 5.26. The van der Waals surface area contributed by atoms with Crippen molar-refractivity contribution in [1.29, 1.82) is 0 Å². The lowest BCUT2D eigenvalue weighted by Crippen LogP contribution is -2.39. The van der Waals surface area contributed by atoms with E-state index in [2.05, 4.69) is 25.1 Å². The van der Waals surface area contributed by atoms with Crippen LogP contribution in [0.25, 0.3) is 11.5 Å². The molecule has 28 heavy (non-hydrogen) atoms. The summed E-state index contributed by atoms with van der Waals surface area (Å²) >= 11 is 0. The van der Waals surface area contributed by atoms with E-state index in [4.69, 9.17) is 4.74 Å². The number of benzene rings is 1. The summed E-state index contributed by atoms with van der Waals surface area (Å²) in [6.07, 6.45) is 8.07. The molecule has 1 N–H and O–H groups in total. The van der Waals surface area contributed by atoms with Crippen LogP contribution in [0, 0.1) is 0 Å². The van der Waals surface area contributed by atoms with Gasteiger partial charge in [0.25, 0.3) is 0 Å². The maximum absolute atomic E-state index is 13.0. The molecule has 0 spiro atoms. The lowest BCUT2D eigenvalue weighted by atomic mass is 10.00. The lowest BCUT2D eigenvalue weighted by Gasteiger charge is -2.34. The van der Waals surface area contributed by atoms with E-state index in [0.29, 0.717) is 30.3 Å². The van der Waals surface area contributed by atoms with Crippen LogP contribution in [-0.4, -0.2) is 49.6 Å². The molecule has 0 aliphatic carbocycles. The van der Waals surface area contributed by atoms with Crippen molar-refractivity contribution in [2.24, 2.45) is 0 Å². The molecule has 3 heterocycles. The van der Waals surface area contributed by atoms with E-state index in [9.17, 15) is 4.79 Å². The van der Waals surface area contributed by atoms with Gasteiger partial charge in [-0.2, -0.15) is 5.10 Å². The number of hydrogen-bond acceptors (Lipinski definition) is 6. The van der Waals surface area contributed by atoms with Gasteiger partial charge in [0, 0.05) is 18.9 Å². The normalized spacial score (nSPS) is 16.8. The quantitative estimate of drug-likeness (QED) is 0.733. The SMILES string of the molecule is COc1cccc(CC(=O)N2CCCCC2c2nc(-c3cnccn3)n[nH]2)c1. The standard InChI is InChI=1S/C20H22N6O2/c1-28-15-6-4-5-14(11-15)12-18(27)26-10-3-2-7-17(26)20-23-19(24-25-20)16-13-21-8-9-22-16/h4-6,8-9,11,13,17H,2-3,7,10,12H2,1H3,(H,23,24,25). The van der Waals surface area contributed by atoms with E-state index in [1.807, 2.05) is 29.2 Å². The van der Waals surface area contributed by atoms with E-state index in [1.165, 1.54) is 0 Å². The summed E-state index contributed by atoms with van der Waals surface area (Å²) in [4.78, 5) is 27.8.